The lowest BCUT2D eigenvalue weighted by atomic mass is 10.0. The van der Waals surface area contributed by atoms with E-state index in [1.165, 1.54) is 18.4 Å². The summed E-state index contributed by atoms with van der Waals surface area (Å²) in [7, 11) is 0. The normalized spacial score (nSPS) is 12.3. The van der Waals surface area contributed by atoms with Gasteiger partial charge in [0.1, 0.15) is 0 Å². The Balaban J connectivity index is 2.53. The summed E-state index contributed by atoms with van der Waals surface area (Å²) in [5.74, 6) is 0. The molecule has 0 aliphatic rings. The van der Waals surface area contributed by atoms with E-state index in [4.69, 9.17) is 0 Å². The molecule has 0 spiro atoms. The predicted molar refractivity (Wildman–Crippen MR) is 66.9 cm³/mol. The van der Waals surface area contributed by atoms with Crippen molar-refractivity contribution in [3.63, 3.8) is 0 Å². The minimum Gasteiger partial charge on any atom is -0.310 e. The minimum absolute atomic E-state index is 0.496. The third-order valence-corrected chi connectivity index (χ3v) is 2.55. The molecule has 1 aromatic rings. The van der Waals surface area contributed by atoms with E-state index < -0.39 is 0 Å². The van der Waals surface area contributed by atoms with Crippen LogP contribution in [0.4, 0.5) is 0 Å². The van der Waals surface area contributed by atoms with E-state index in [2.05, 4.69) is 49.2 Å². The molecule has 15 heavy (non-hydrogen) atoms. The van der Waals surface area contributed by atoms with Crippen LogP contribution in [-0.2, 0) is 0 Å². The second-order valence-corrected chi connectivity index (χ2v) is 3.74. The molecule has 1 nitrogen and oxygen atoms in total. The first-order valence-electron chi connectivity index (χ1n) is 5.77. The fourth-order valence-corrected chi connectivity index (χ4v) is 1.78. The van der Waals surface area contributed by atoms with E-state index in [9.17, 15) is 0 Å². The fraction of sp³-hybridized carbons (Fsp3) is 0.429. The zero-order valence-electron chi connectivity index (χ0n) is 9.58. The largest absolute Gasteiger partial charge is 0.310 e. The summed E-state index contributed by atoms with van der Waals surface area (Å²) in [6.45, 7) is 6.93. The topological polar surface area (TPSA) is 12.0 Å². The van der Waals surface area contributed by atoms with Gasteiger partial charge < -0.3 is 5.32 Å². The highest BCUT2D eigenvalue weighted by Gasteiger charge is 2.08. The Morgan fingerprint density at radius 3 is 2.67 bits per heavy atom. The highest BCUT2D eigenvalue weighted by Crippen LogP contribution is 2.18. The highest BCUT2D eigenvalue weighted by atomic mass is 14.9. The molecule has 0 heterocycles. The van der Waals surface area contributed by atoms with Crippen LogP contribution in [0, 0.1) is 0 Å². The van der Waals surface area contributed by atoms with Gasteiger partial charge in [0.05, 0.1) is 0 Å². The Labute approximate surface area is 93.2 Å². The van der Waals surface area contributed by atoms with Gasteiger partial charge in [-0.05, 0) is 31.4 Å². The van der Waals surface area contributed by atoms with Crippen LogP contribution in [0.3, 0.4) is 0 Å². The first kappa shape index (κ1) is 12.0. The molecule has 0 aliphatic heterocycles. The summed E-state index contributed by atoms with van der Waals surface area (Å²) in [6.07, 6.45) is 5.49. The van der Waals surface area contributed by atoms with Crippen LogP contribution in [0.5, 0.6) is 0 Å². The summed E-state index contributed by atoms with van der Waals surface area (Å²) in [6, 6.07) is 11.2. The van der Waals surface area contributed by atoms with E-state index in [0.717, 1.165) is 13.0 Å². The van der Waals surface area contributed by atoms with Crippen LogP contribution in [-0.4, -0.2) is 6.54 Å². The van der Waals surface area contributed by atoms with Gasteiger partial charge in [0, 0.05) is 6.04 Å². The van der Waals surface area contributed by atoms with Gasteiger partial charge in [-0.2, -0.15) is 0 Å². The van der Waals surface area contributed by atoms with Crippen LogP contribution in [0.25, 0.3) is 0 Å². The molecule has 1 aromatic carbocycles. The summed E-state index contributed by atoms with van der Waals surface area (Å²) in [4.78, 5) is 0. The van der Waals surface area contributed by atoms with Crippen molar-refractivity contribution < 1.29 is 0 Å². The van der Waals surface area contributed by atoms with Gasteiger partial charge in [0.2, 0.25) is 0 Å². The Bertz CT molecular complexity index is 266. The maximum atomic E-state index is 3.76. The molecule has 0 amide bonds. The molecule has 82 valence electrons. The summed E-state index contributed by atoms with van der Waals surface area (Å²) >= 11 is 0. The van der Waals surface area contributed by atoms with Crippen molar-refractivity contribution in [1.82, 2.24) is 5.32 Å². The van der Waals surface area contributed by atoms with E-state index in [1.54, 1.807) is 0 Å². The lowest BCUT2D eigenvalue weighted by Crippen LogP contribution is -2.20. The molecule has 1 unspecified atom stereocenters. The first-order chi connectivity index (χ1) is 7.38. The lowest BCUT2D eigenvalue weighted by molar-refractivity contribution is 0.500. The van der Waals surface area contributed by atoms with Gasteiger partial charge in [-0.15, -0.1) is 6.58 Å². The average Bonchev–Trinajstić information content (AvgIpc) is 2.29. The molecular formula is C14H21N. The lowest BCUT2D eigenvalue weighted by Gasteiger charge is -2.17. The van der Waals surface area contributed by atoms with Gasteiger partial charge in [-0.1, -0.05) is 43.3 Å². The Kier molecular flexibility index (Phi) is 5.79. The zero-order chi connectivity index (χ0) is 10.9. The van der Waals surface area contributed by atoms with Gasteiger partial charge in [0.25, 0.3) is 0 Å². The third kappa shape index (κ3) is 4.30. The van der Waals surface area contributed by atoms with Crippen molar-refractivity contribution in [1.29, 1.82) is 0 Å². The van der Waals surface area contributed by atoms with Gasteiger partial charge in [-0.25, -0.2) is 0 Å². The SMILES string of the molecule is C=CCCCC(NCC)c1ccccc1. The van der Waals surface area contributed by atoms with Gasteiger partial charge >= 0.3 is 0 Å². The van der Waals surface area contributed by atoms with Crippen molar-refractivity contribution in [2.24, 2.45) is 0 Å². The Morgan fingerprint density at radius 2 is 2.07 bits per heavy atom. The molecule has 1 rings (SSSR count). The maximum Gasteiger partial charge on any atom is 0.0320 e. The van der Waals surface area contributed by atoms with Crippen molar-refractivity contribution in [3.8, 4) is 0 Å². The van der Waals surface area contributed by atoms with Gasteiger partial charge in [-0.3, -0.25) is 0 Å². The van der Waals surface area contributed by atoms with Crippen LogP contribution >= 0.6 is 0 Å². The highest BCUT2D eigenvalue weighted by molar-refractivity contribution is 5.18. The van der Waals surface area contributed by atoms with Crippen molar-refractivity contribution in [3.05, 3.63) is 48.6 Å². The van der Waals surface area contributed by atoms with Crippen LogP contribution in [0.15, 0.2) is 43.0 Å². The molecule has 0 radical (unpaired) electrons. The first-order valence-corrected chi connectivity index (χ1v) is 5.77. The molecule has 1 heteroatoms. The van der Waals surface area contributed by atoms with Crippen LogP contribution < -0.4 is 5.32 Å². The van der Waals surface area contributed by atoms with Gasteiger partial charge in [0.15, 0.2) is 0 Å². The fourth-order valence-electron chi connectivity index (χ4n) is 1.78. The molecule has 0 saturated heterocycles. The van der Waals surface area contributed by atoms with E-state index in [1.807, 2.05) is 6.08 Å². The number of hydrogen-bond donors (Lipinski definition) is 1. The molecule has 0 aromatic heterocycles. The number of rotatable bonds is 7. The second-order valence-electron chi connectivity index (χ2n) is 3.74. The van der Waals surface area contributed by atoms with Crippen molar-refractivity contribution >= 4 is 0 Å². The molecular weight excluding hydrogens is 182 g/mol. The molecule has 0 aliphatic carbocycles. The van der Waals surface area contributed by atoms with Crippen molar-refractivity contribution in [2.45, 2.75) is 32.2 Å². The third-order valence-electron chi connectivity index (χ3n) is 2.55. The van der Waals surface area contributed by atoms with E-state index in [0.29, 0.717) is 6.04 Å². The maximum absolute atomic E-state index is 3.76. The Morgan fingerprint density at radius 1 is 1.33 bits per heavy atom. The monoisotopic (exact) mass is 203 g/mol. The van der Waals surface area contributed by atoms with Crippen LogP contribution in [0.1, 0.15) is 37.8 Å². The number of hydrogen-bond acceptors (Lipinski definition) is 1. The summed E-state index contributed by atoms with van der Waals surface area (Å²) in [5, 5.41) is 3.52. The quantitative estimate of drug-likeness (QED) is 0.526. The molecule has 0 saturated carbocycles. The second kappa shape index (κ2) is 7.24. The van der Waals surface area contributed by atoms with Crippen molar-refractivity contribution in [2.75, 3.05) is 6.54 Å². The molecule has 1 N–H and O–H groups in total. The average molecular weight is 203 g/mol. The summed E-state index contributed by atoms with van der Waals surface area (Å²) < 4.78 is 0. The minimum atomic E-state index is 0.496. The van der Waals surface area contributed by atoms with E-state index in [-0.39, 0.29) is 0 Å². The number of unbranched alkanes of at least 4 members (excludes halogenated alkanes) is 1. The smallest absolute Gasteiger partial charge is 0.0320 e. The standard InChI is InChI=1S/C14H21N/c1-3-5-7-12-14(15-4-2)13-10-8-6-9-11-13/h3,6,8-11,14-15H,1,4-5,7,12H2,2H3. The number of nitrogens with one attached hydrogen (secondary N) is 1. The van der Waals surface area contributed by atoms with E-state index >= 15 is 0 Å². The Hall–Kier alpha value is -1.08. The molecule has 1 atom stereocenters. The van der Waals surface area contributed by atoms with Crippen LogP contribution in [0.2, 0.25) is 0 Å². The zero-order valence-corrected chi connectivity index (χ0v) is 9.58. The molecule has 0 fully saturated rings. The predicted octanol–water partition coefficient (Wildman–Crippen LogP) is 3.69. The number of allylic oxidation sites excluding steroid dienone is 1. The molecule has 0 bridgehead atoms. The number of benzene rings is 1. The summed E-state index contributed by atoms with van der Waals surface area (Å²) in [5.41, 5.74) is 1.39.